The van der Waals surface area contributed by atoms with Crippen LogP contribution in [0.3, 0.4) is 0 Å². The van der Waals surface area contributed by atoms with E-state index in [0.29, 0.717) is 22.4 Å². The SMILES string of the molecule is COc1cc(-c2ccc(O)cc2)c(OC)c(O)c1-c1ccc(OCC=CCO)c(O)c1. The molecular weight excluding hydrogens is 400 g/mol. The highest BCUT2D eigenvalue weighted by molar-refractivity contribution is 5.88. The van der Waals surface area contributed by atoms with Crippen molar-refractivity contribution in [2.45, 2.75) is 0 Å². The van der Waals surface area contributed by atoms with E-state index in [1.807, 2.05) is 0 Å². The Morgan fingerprint density at radius 1 is 0.806 bits per heavy atom. The molecule has 0 fully saturated rings. The van der Waals surface area contributed by atoms with Gasteiger partial charge < -0.3 is 34.6 Å². The van der Waals surface area contributed by atoms with Crippen LogP contribution in [0, 0.1) is 0 Å². The van der Waals surface area contributed by atoms with Gasteiger partial charge in [-0.25, -0.2) is 0 Å². The molecule has 0 unspecified atom stereocenters. The van der Waals surface area contributed by atoms with Crippen molar-refractivity contribution in [3.63, 3.8) is 0 Å². The minimum atomic E-state index is -0.149. The lowest BCUT2D eigenvalue weighted by Gasteiger charge is -2.18. The van der Waals surface area contributed by atoms with Crippen molar-refractivity contribution in [3.05, 3.63) is 60.7 Å². The quantitative estimate of drug-likeness (QED) is 0.404. The molecule has 0 amide bonds. The topological polar surface area (TPSA) is 109 Å². The van der Waals surface area contributed by atoms with Gasteiger partial charge in [0.2, 0.25) is 0 Å². The Morgan fingerprint density at radius 2 is 1.52 bits per heavy atom. The lowest BCUT2D eigenvalue weighted by atomic mass is 9.96. The van der Waals surface area contributed by atoms with Gasteiger partial charge in [0.25, 0.3) is 0 Å². The molecule has 162 valence electrons. The maximum absolute atomic E-state index is 11.0. The largest absolute Gasteiger partial charge is 0.508 e. The number of methoxy groups -OCH3 is 2. The Kier molecular flexibility index (Phi) is 6.89. The molecule has 0 atom stereocenters. The average molecular weight is 424 g/mol. The Bertz CT molecular complexity index is 1070. The highest BCUT2D eigenvalue weighted by atomic mass is 16.5. The summed E-state index contributed by atoms with van der Waals surface area (Å²) in [7, 11) is 2.93. The number of hydrogen-bond donors (Lipinski definition) is 4. The summed E-state index contributed by atoms with van der Waals surface area (Å²) in [4.78, 5) is 0. The first kappa shape index (κ1) is 21.9. The summed E-state index contributed by atoms with van der Waals surface area (Å²) in [5.41, 5.74) is 2.15. The van der Waals surface area contributed by atoms with Crippen molar-refractivity contribution in [1.82, 2.24) is 0 Å². The van der Waals surface area contributed by atoms with Gasteiger partial charge in [0.1, 0.15) is 18.1 Å². The molecule has 4 N–H and O–H groups in total. The number of aliphatic hydroxyl groups is 1. The number of phenolic OH excluding ortho intramolecular Hbond substituents is 3. The second-order valence-electron chi connectivity index (χ2n) is 6.58. The summed E-state index contributed by atoms with van der Waals surface area (Å²) in [6.07, 6.45) is 3.17. The molecule has 0 aliphatic rings. The Balaban J connectivity index is 2.06. The van der Waals surface area contributed by atoms with E-state index < -0.39 is 0 Å². The molecule has 3 rings (SSSR count). The van der Waals surface area contributed by atoms with Crippen LogP contribution >= 0.6 is 0 Å². The van der Waals surface area contributed by atoms with Crippen LogP contribution in [0.15, 0.2) is 60.7 Å². The molecule has 0 saturated heterocycles. The molecule has 3 aromatic rings. The van der Waals surface area contributed by atoms with E-state index in [0.717, 1.165) is 5.56 Å². The standard InChI is InChI=1S/C24H24O7/c1-29-21-14-18(15-5-8-17(26)9-6-15)24(30-2)23(28)22(21)16-7-10-20(19(27)13-16)31-12-4-3-11-25/h3-10,13-14,25-28H,11-12H2,1-2H3. The molecule has 0 spiro atoms. The molecular formula is C24H24O7. The minimum absolute atomic E-state index is 0.0880. The summed E-state index contributed by atoms with van der Waals surface area (Å²) >= 11 is 0. The zero-order chi connectivity index (χ0) is 22.4. The maximum atomic E-state index is 11.0. The summed E-state index contributed by atoms with van der Waals surface area (Å²) < 4.78 is 16.4. The van der Waals surface area contributed by atoms with Crippen molar-refractivity contribution >= 4 is 0 Å². The van der Waals surface area contributed by atoms with Gasteiger partial charge in [-0.1, -0.05) is 24.3 Å². The van der Waals surface area contributed by atoms with Crippen molar-refractivity contribution in [3.8, 4) is 56.8 Å². The monoisotopic (exact) mass is 424 g/mol. The van der Waals surface area contributed by atoms with Crippen LogP contribution in [-0.4, -0.2) is 47.9 Å². The first-order valence-electron chi connectivity index (χ1n) is 9.49. The van der Waals surface area contributed by atoms with Gasteiger partial charge in [-0.15, -0.1) is 0 Å². The van der Waals surface area contributed by atoms with E-state index in [-0.39, 0.29) is 42.0 Å². The number of aliphatic hydroxyl groups excluding tert-OH is 1. The number of phenols is 3. The fourth-order valence-electron chi connectivity index (χ4n) is 3.20. The Morgan fingerprint density at radius 3 is 2.13 bits per heavy atom. The van der Waals surface area contributed by atoms with Crippen LogP contribution in [0.1, 0.15) is 0 Å². The second-order valence-corrected chi connectivity index (χ2v) is 6.58. The fraction of sp³-hybridized carbons (Fsp3) is 0.167. The van der Waals surface area contributed by atoms with Crippen molar-refractivity contribution < 1.29 is 34.6 Å². The van der Waals surface area contributed by atoms with E-state index >= 15 is 0 Å². The average Bonchev–Trinajstić information content (AvgIpc) is 2.77. The molecule has 0 bridgehead atoms. The van der Waals surface area contributed by atoms with E-state index in [2.05, 4.69) is 0 Å². The fourth-order valence-corrected chi connectivity index (χ4v) is 3.20. The zero-order valence-corrected chi connectivity index (χ0v) is 17.2. The lowest BCUT2D eigenvalue weighted by molar-refractivity contribution is 0.327. The number of rotatable bonds is 8. The first-order chi connectivity index (χ1) is 15.0. The van der Waals surface area contributed by atoms with Crippen LogP contribution in [0.25, 0.3) is 22.3 Å². The summed E-state index contributed by atoms with van der Waals surface area (Å²) in [6.45, 7) is 0.104. The highest BCUT2D eigenvalue weighted by Gasteiger charge is 2.22. The Hall–Kier alpha value is -3.84. The van der Waals surface area contributed by atoms with E-state index in [1.165, 1.54) is 26.4 Å². The third kappa shape index (κ3) is 4.67. The first-order valence-corrected chi connectivity index (χ1v) is 9.49. The predicted octanol–water partition coefficient (Wildman–Crippen LogP) is 4.08. The molecule has 0 saturated carbocycles. The van der Waals surface area contributed by atoms with Gasteiger partial charge >= 0.3 is 0 Å². The van der Waals surface area contributed by atoms with Crippen LogP contribution in [0.5, 0.6) is 34.5 Å². The number of benzene rings is 3. The van der Waals surface area contributed by atoms with E-state index in [9.17, 15) is 15.3 Å². The van der Waals surface area contributed by atoms with Crippen LogP contribution in [-0.2, 0) is 0 Å². The summed E-state index contributed by atoms with van der Waals surface area (Å²) in [5, 5.41) is 39.7. The summed E-state index contributed by atoms with van der Waals surface area (Å²) in [6, 6.07) is 12.9. The molecule has 7 heteroatoms. The van der Waals surface area contributed by atoms with Gasteiger partial charge in [-0.3, -0.25) is 0 Å². The van der Waals surface area contributed by atoms with Gasteiger partial charge in [0, 0.05) is 5.56 Å². The third-order valence-corrected chi connectivity index (χ3v) is 4.68. The number of aromatic hydroxyl groups is 3. The zero-order valence-electron chi connectivity index (χ0n) is 17.2. The molecule has 0 radical (unpaired) electrons. The van der Waals surface area contributed by atoms with Gasteiger partial charge in [-0.2, -0.15) is 0 Å². The minimum Gasteiger partial charge on any atom is -0.508 e. The van der Waals surface area contributed by atoms with E-state index in [1.54, 1.807) is 48.5 Å². The third-order valence-electron chi connectivity index (χ3n) is 4.68. The van der Waals surface area contributed by atoms with E-state index in [4.69, 9.17) is 19.3 Å². The van der Waals surface area contributed by atoms with Gasteiger partial charge in [-0.05, 0) is 47.5 Å². The second kappa shape index (κ2) is 9.77. The number of ether oxygens (including phenoxy) is 3. The van der Waals surface area contributed by atoms with Crippen molar-refractivity contribution in [1.29, 1.82) is 0 Å². The number of hydrogen-bond acceptors (Lipinski definition) is 7. The lowest BCUT2D eigenvalue weighted by Crippen LogP contribution is -1.97. The predicted molar refractivity (Wildman–Crippen MR) is 117 cm³/mol. The summed E-state index contributed by atoms with van der Waals surface area (Å²) in [5.74, 6) is 0.732. The smallest absolute Gasteiger partial charge is 0.170 e. The molecule has 0 aliphatic carbocycles. The normalized spacial score (nSPS) is 10.9. The van der Waals surface area contributed by atoms with Gasteiger partial charge in [0.15, 0.2) is 23.0 Å². The molecule has 0 aromatic heterocycles. The highest BCUT2D eigenvalue weighted by Crippen LogP contribution is 2.50. The molecule has 3 aromatic carbocycles. The van der Waals surface area contributed by atoms with Crippen LogP contribution < -0.4 is 14.2 Å². The van der Waals surface area contributed by atoms with Crippen LogP contribution in [0.4, 0.5) is 0 Å². The molecule has 31 heavy (non-hydrogen) atoms. The maximum Gasteiger partial charge on any atom is 0.170 e. The Labute approximate surface area is 180 Å². The molecule has 0 heterocycles. The van der Waals surface area contributed by atoms with Gasteiger partial charge in [0.05, 0.1) is 26.4 Å². The van der Waals surface area contributed by atoms with Crippen molar-refractivity contribution in [2.75, 3.05) is 27.4 Å². The van der Waals surface area contributed by atoms with Crippen LogP contribution in [0.2, 0.25) is 0 Å². The molecule has 7 nitrogen and oxygen atoms in total. The van der Waals surface area contributed by atoms with Crippen molar-refractivity contribution in [2.24, 2.45) is 0 Å². The molecule has 0 aliphatic heterocycles.